The van der Waals surface area contributed by atoms with Gasteiger partial charge in [-0.1, -0.05) is 37.6 Å². The average molecular weight is 496 g/mol. The van der Waals surface area contributed by atoms with E-state index in [1.807, 2.05) is 26.8 Å². The first-order valence-electron chi connectivity index (χ1n) is 11.7. The Balaban J connectivity index is 1.74. The zero-order chi connectivity index (χ0) is 24.7. The molecule has 182 valence electrons. The van der Waals surface area contributed by atoms with Crippen molar-refractivity contribution in [3.63, 3.8) is 0 Å². The molecule has 9 heteroatoms. The number of piperazine rings is 1. The summed E-state index contributed by atoms with van der Waals surface area (Å²) >= 11 is 6.78. The average Bonchev–Trinajstić information content (AvgIpc) is 2.99. The van der Waals surface area contributed by atoms with Crippen molar-refractivity contribution in [1.82, 2.24) is 20.2 Å². The van der Waals surface area contributed by atoms with Crippen LogP contribution in [0.1, 0.15) is 41.4 Å². The number of nitrogens with zero attached hydrogens (tertiary/aromatic N) is 3. The van der Waals surface area contributed by atoms with E-state index in [1.165, 1.54) is 6.07 Å². The van der Waals surface area contributed by atoms with Crippen LogP contribution in [0.15, 0.2) is 36.5 Å². The lowest BCUT2D eigenvalue weighted by atomic mass is 10.0. The van der Waals surface area contributed by atoms with Crippen molar-refractivity contribution < 1.29 is 13.9 Å². The Kier molecular flexibility index (Phi) is 6.34. The molecule has 1 saturated heterocycles. The number of nitrogens with one attached hydrogen (secondary N) is 2. The number of fused-ring (bicyclic) bond motifs is 2. The van der Waals surface area contributed by atoms with Crippen LogP contribution in [-0.2, 0) is 0 Å². The Morgan fingerprint density at radius 2 is 2.09 bits per heavy atom. The highest BCUT2D eigenvalue weighted by molar-refractivity contribution is 6.35. The molecular weight excluding hydrogens is 469 g/mol. The quantitative estimate of drug-likeness (QED) is 0.535. The first kappa shape index (κ1) is 23.5. The Morgan fingerprint density at radius 1 is 1.29 bits per heavy atom. The van der Waals surface area contributed by atoms with Crippen LogP contribution in [0, 0.1) is 12.7 Å². The third-order valence-electron chi connectivity index (χ3n) is 6.45. The molecule has 1 aromatic carbocycles. The van der Waals surface area contributed by atoms with Crippen molar-refractivity contribution in [1.29, 1.82) is 0 Å². The lowest BCUT2D eigenvalue weighted by Crippen LogP contribution is -2.54. The molecule has 3 aromatic rings. The number of amides is 1. The highest BCUT2D eigenvalue weighted by Gasteiger charge is 2.37. The molecule has 0 aliphatic carbocycles. The van der Waals surface area contributed by atoms with Gasteiger partial charge in [0.15, 0.2) is 5.75 Å². The van der Waals surface area contributed by atoms with Crippen molar-refractivity contribution in [3.05, 3.63) is 64.2 Å². The normalized spacial score (nSPS) is 17.5. The molecule has 35 heavy (non-hydrogen) atoms. The van der Waals surface area contributed by atoms with Crippen molar-refractivity contribution in [3.8, 4) is 17.0 Å². The molecule has 7 nitrogen and oxygen atoms in total. The molecule has 0 unspecified atom stereocenters. The number of hydrogen-bond acceptors (Lipinski definition) is 6. The third-order valence-corrected chi connectivity index (χ3v) is 6.80. The number of benzene rings is 1. The Hall–Kier alpha value is -3.23. The Labute approximate surface area is 208 Å². The highest BCUT2D eigenvalue weighted by Crippen LogP contribution is 2.44. The fourth-order valence-corrected chi connectivity index (χ4v) is 4.89. The van der Waals surface area contributed by atoms with E-state index in [4.69, 9.17) is 21.3 Å². The molecular formula is C26H27ClFN5O2. The Morgan fingerprint density at radius 3 is 2.86 bits per heavy atom. The fraction of sp³-hybridized carbons (Fsp3) is 0.346. The lowest BCUT2D eigenvalue weighted by molar-refractivity contribution is 0.0607. The molecule has 2 N–H and O–H groups in total. The second-order valence-corrected chi connectivity index (χ2v) is 9.52. The summed E-state index contributed by atoms with van der Waals surface area (Å²) in [5, 5.41) is 6.78. The summed E-state index contributed by atoms with van der Waals surface area (Å²) in [4.78, 5) is 24.9. The van der Waals surface area contributed by atoms with E-state index in [0.717, 1.165) is 16.9 Å². The molecule has 0 saturated carbocycles. The minimum absolute atomic E-state index is 0.115. The van der Waals surface area contributed by atoms with Crippen LogP contribution in [0.5, 0.6) is 5.75 Å². The van der Waals surface area contributed by atoms with Gasteiger partial charge >= 0.3 is 0 Å². The van der Waals surface area contributed by atoms with Gasteiger partial charge in [0.25, 0.3) is 5.91 Å². The number of halogens is 2. The van der Waals surface area contributed by atoms with Gasteiger partial charge < -0.3 is 20.3 Å². The predicted molar refractivity (Wildman–Crippen MR) is 134 cm³/mol. The molecule has 1 atom stereocenters. The van der Waals surface area contributed by atoms with Crippen LogP contribution in [0.25, 0.3) is 11.3 Å². The van der Waals surface area contributed by atoms with Gasteiger partial charge in [0.05, 0.1) is 23.1 Å². The van der Waals surface area contributed by atoms with E-state index in [9.17, 15) is 9.18 Å². The standard InChI is InChI=1S/C26H27ClFN5O2/c1-14(2)21-22(15(3)8-9-30-21)31-25-19-24(35-13-16-12-29-10-11-33(16)26(19)34)20(27)23(32-25)17-6-4-5-7-18(17)28/h4-9,14,16,29H,10-13H2,1-3H3,(H,31,32)/t16-/m1/s1. The first-order valence-corrected chi connectivity index (χ1v) is 12.1. The zero-order valence-electron chi connectivity index (χ0n) is 19.9. The van der Waals surface area contributed by atoms with Gasteiger partial charge in [-0.3, -0.25) is 9.78 Å². The number of aromatic nitrogens is 2. The van der Waals surface area contributed by atoms with Gasteiger partial charge in [0.1, 0.15) is 28.8 Å². The molecule has 5 rings (SSSR count). The second-order valence-electron chi connectivity index (χ2n) is 9.14. The maximum absolute atomic E-state index is 14.8. The van der Waals surface area contributed by atoms with Crippen LogP contribution in [-0.4, -0.2) is 53.1 Å². The first-order chi connectivity index (χ1) is 16.9. The molecule has 2 aromatic heterocycles. The molecule has 0 radical (unpaired) electrons. The van der Waals surface area contributed by atoms with Crippen molar-refractivity contribution in [2.75, 3.05) is 31.6 Å². The molecule has 2 aliphatic heterocycles. The van der Waals surface area contributed by atoms with E-state index in [-0.39, 0.29) is 57.9 Å². The number of rotatable bonds is 4. The van der Waals surface area contributed by atoms with E-state index in [2.05, 4.69) is 15.6 Å². The predicted octanol–water partition coefficient (Wildman–Crippen LogP) is 4.92. The van der Waals surface area contributed by atoms with Crippen LogP contribution >= 0.6 is 11.6 Å². The summed E-state index contributed by atoms with van der Waals surface area (Å²) in [7, 11) is 0. The van der Waals surface area contributed by atoms with Gasteiger partial charge in [-0.25, -0.2) is 9.37 Å². The van der Waals surface area contributed by atoms with Gasteiger partial charge in [-0.05, 0) is 36.6 Å². The van der Waals surface area contributed by atoms with Gasteiger partial charge in [-0.2, -0.15) is 0 Å². The summed E-state index contributed by atoms with van der Waals surface area (Å²) < 4.78 is 21.0. The SMILES string of the molecule is Cc1ccnc(C(C)C)c1Nc1nc(-c2ccccc2F)c(Cl)c2c1C(=O)N1CCNC[C@@H]1CO2. The summed E-state index contributed by atoms with van der Waals surface area (Å²) in [5.41, 5.74) is 3.23. The monoisotopic (exact) mass is 495 g/mol. The summed E-state index contributed by atoms with van der Waals surface area (Å²) in [6.07, 6.45) is 1.76. The molecule has 0 bridgehead atoms. The van der Waals surface area contributed by atoms with Crippen molar-refractivity contribution >= 4 is 29.0 Å². The van der Waals surface area contributed by atoms with E-state index >= 15 is 0 Å². The number of anilines is 2. The zero-order valence-corrected chi connectivity index (χ0v) is 20.6. The van der Waals surface area contributed by atoms with Crippen LogP contribution in [0.2, 0.25) is 5.02 Å². The van der Waals surface area contributed by atoms with Gasteiger partial charge in [0, 0.05) is 31.4 Å². The molecule has 1 fully saturated rings. The van der Waals surface area contributed by atoms with Crippen LogP contribution in [0.3, 0.4) is 0 Å². The largest absolute Gasteiger partial charge is 0.489 e. The van der Waals surface area contributed by atoms with Gasteiger partial charge in [-0.15, -0.1) is 0 Å². The lowest BCUT2D eigenvalue weighted by Gasteiger charge is -2.34. The maximum atomic E-state index is 14.8. The summed E-state index contributed by atoms with van der Waals surface area (Å²) in [6, 6.07) is 8.04. The third kappa shape index (κ3) is 4.21. The molecule has 1 amide bonds. The maximum Gasteiger partial charge on any atom is 0.261 e. The molecule has 0 spiro atoms. The number of pyridine rings is 2. The van der Waals surface area contributed by atoms with Crippen molar-refractivity contribution in [2.24, 2.45) is 0 Å². The molecule has 4 heterocycles. The Bertz CT molecular complexity index is 1300. The van der Waals surface area contributed by atoms with Crippen LogP contribution in [0.4, 0.5) is 15.9 Å². The number of aryl methyl sites for hydroxylation is 1. The summed E-state index contributed by atoms with van der Waals surface area (Å²) in [5.74, 6) is -0.0680. The van der Waals surface area contributed by atoms with E-state index < -0.39 is 5.82 Å². The highest BCUT2D eigenvalue weighted by atomic mass is 35.5. The topological polar surface area (TPSA) is 79.4 Å². The molecule has 2 aliphatic rings. The van der Waals surface area contributed by atoms with Crippen LogP contribution < -0.4 is 15.4 Å². The van der Waals surface area contributed by atoms with E-state index in [0.29, 0.717) is 19.6 Å². The van der Waals surface area contributed by atoms with Crippen molar-refractivity contribution in [2.45, 2.75) is 32.7 Å². The fourth-order valence-electron chi connectivity index (χ4n) is 4.60. The smallest absolute Gasteiger partial charge is 0.261 e. The minimum Gasteiger partial charge on any atom is -0.489 e. The number of carbonyl (C=O) groups is 1. The number of carbonyl (C=O) groups excluding carboxylic acids is 1. The number of ether oxygens (including phenoxy) is 1. The minimum atomic E-state index is -0.463. The van der Waals surface area contributed by atoms with E-state index in [1.54, 1.807) is 29.3 Å². The van der Waals surface area contributed by atoms with Gasteiger partial charge in [0.2, 0.25) is 0 Å². The number of hydrogen-bond donors (Lipinski definition) is 2. The second kappa shape index (κ2) is 9.43. The summed E-state index contributed by atoms with van der Waals surface area (Å²) in [6.45, 7) is 8.18.